The second kappa shape index (κ2) is 2.30. The summed E-state index contributed by atoms with van der Waals surface area (Å²) in [4.78, 5) is 0. The van der Waals surface area contributed by atoms with Gasteiger partial charge < -0.3 is 0 Å². The Kier molecular flexibility index (Phi) is 1.67. The molecule has 0 aliphatic heterocycles. The normalized spacial score (nSPS) is 8.71. The van der Waals surface area contributed by atoms with Crippen molar-refractivity contribution in [2.45, 2.75) is 0 Å². The molecule has 36 valence electrons. The maximum atomic E-state index is 2.05. The Morgan fingerprint density at radius 3 is 1.86 bits per heavy atom. The van der Waals surface area contributed by atoms with Crippen LogP contribution in [-0.4, -0.2) is 22.6 Å². The van der Waals surface area contributed by atoms with Crippen LogP contribution in [0.15, 0.2) is 30.6 Å². The van der Waals surface area contributed by atoms with E-state index in [1.807, 2.05) is 30.6 Å². The molecule has 7 heavy (non-hydrogen) atoms. The van der Waals surface area contributed by atoms with Gasteiger partial charge in [0.2, 0.25) is 0 Å². The van der Waals surface area contributed by atoms with Crippen molar-refractivity contribution in [2.24, 2.45) is 0 Å². The summed E-state index contributed by atoms with van der Waals surface area (Å²) < 4.78 is 2.05. The standard InChI is InChI=1S/C5H6NTe/c7-6-4-2-1-3-5-6/h1-5,7H/q+1. The van der Waals surface area contributed by atoms with Gasteiger partial charge in [-0.2, -0.15) is 0 Å². The van der Waals surface area contributed by atoms with Crippen LogP contribution in [0, 0.1) is 0 Å². The molecule has 0 aromatic carbocycles. The van der Waals surface area contributed by atoms with Crippen LogP contribution in [0.1, 0.15) is 0 Å². The van der Waals surface area contributed by atoms with Crippen LogP contribution >= 0.6 is 0 Å². The molecule has 0 aliphatic carbocycles. The summed E-state index contributed by atoms with van der Waals surface area (Å²) in [5.41, 5.74) is 0. The third-order valence-electron chi connectivity index (χ3n) is 0.700. The van der Waals surface area contributed by atoms with Crippen LogP contribution in [0.5, 0.6) is 0 Å². The molecule has 2 heteroatoms. The van der Waals surface area contributed by atoms with Gasteiger partial charge in [-0.3, -0.25) is 0 Å². The first-order valence-electron chi connectivity index (χ1n) is 2.05. The Hall–Kier alpha value is -0.0604. The van der Waals surface area contributed by atoms with Gasteiger partial charge in [-0.05, 0) is 0 Å². The minimum atomic E-state index is 1.67. The average molecular weight is 208 g/mol. The SMILES string of the molecule is [TeH][n+]1ccccc1. The molecule has 0 bridgehead atoms. The van der Waals surface area contributed by atoms with Crippen molar-refractivity contribution in [1.29, 1.82) is 0 Å². The quantitative estimate of drug-likeness (QED) is 0.512. The van der Waals surface area contributed by atoms with Gasteiger partial charge in [-0.1, -0.05) is 0 Å². The molecule has 0 aliphatic rings. The predicted octanol–water partition coefficient (Wildman–Crippen LogP) is -0.362. The van der Waals surface area contributed by atoms with Crippen molar-refractivity contribution >= 4 is 22.6 Å². The van der Waals surface area contributed by atoms with Crippen molar-refractivity contribution in [3.8, 4) is 0 Å². The zero-order valence-corrected chi connectivity index (χ0v) is 6.33. The molecule has 1 aromatic rings. The fraction of sp³-hybridized carbons (Fsp3) is 0. The van der Waals surface area contributed by atoms with Crippen LogP contribution in [-0.2, 0) is 0 Å². The van der Waals surface area contributed by atoms with E-state index in [4.69, 9.17) is 0 Å². The summed E-state index contributed by atoms with van der Waals surface area (Å²) in [5, 5.41) is 0. The summed E-state index contributed by atoms with van der Waals surface area (Å²) in [6.45, 7) is 0. The van der Waals surface area contributed by atoms with E-state index in [0.29, 0.717) is 0 Å². The Morgan fingerprint density at radius 2 is 1.57 bits per heavy atom. The van der Waals surface area contributed by atoms with Crippen LogP contribution in [0.2, 0.25) is 0 Å². The first kappa shape index (κ1) is 5.08. The van der Waals surface area contributed by atoms with E-state index in [9.17, 15) is 0 Å². The predicted molar refractivity (Wildman–Crippen MR) is 29.2 cm³/mol. The zero-order chi connectivity index (χ0) is 5.11. The fourth-order valence-corrected chi connectivity index (χ4v) is 0.829. The molecule has 0 saturated heterocycles. The molecule has 0 atom stereocenters. The van der Waals surface area contributed by atoms with Crippen LogP contribution in [0.25, 0.3) is 0 Å². The summed E-state index contributed by atoms with van der Waals surface area (Å²) >= 11 is 1.67. The summed E-state index contributed by atoms with van der Waals surface area (Å²) in [7, 11) is 0. The number of pyridine rings is 1. The van der Waals surface area contributed by atoms with Crippen LogP contribution in [0.3, 0.4) is 0 Å². The molecular formula is C5H6NTe+. The van der Waals surface area contributed by atoms with Gasteiger partial charge in [0.1, 0.15) is 0 Å². The summed E-state index contributed by atoms with van der Waals surface area (Å²) in [6.07, 6.45) is 4.04. The van der Waals surface area contributed by atoms with Gasteiger partial charge in [0.15, 0.2) is 0 Å². The molecule has 0 amide bonds. The van der Waals surface area contributed by atoms with Crippen molar-refractivity contribution in [2.75, 3.05) is 0 Å². The van der Waals surface area contributed by atoms with E-state index < -0.39 is 0 Å². The molecule has 1 nitrogen and oxygen atoms in total. The van der Waals surface area contributed by atoms with Gasteiger partial charge in [0, 0.05) is 0 Å². The van der Waals surface area contributed by atoms with E-state index in [1.165, 1.54) is 0 Å². The minimum absolute atomic E-state index is 1.67. The van der Waals surface area contributed by atoms with Gasteiger partial charge in [-0.15, -0.1) is 0 Å². The molecule has 1 aromatic heterocycles. The Labute approximate surface area is 56.2 Å². The van der Waals surface area contributed by atoms with Gasteiger partial charge >= 0.3 is 56.0 Å². The van der Waals surface area contributed by atoms with E-state index >= 15 is 0 Å². The molecular weight excluding hydrogens is 202 g/mol. The second-order valence-electron chi connectivity index (χ2n) is 1.26. The molecule has 0 N–H and O–H groups in total. The van der Waals surface area contributed by atoms with Crippen molar-refractivity contribution < 1.29 is 2.82 Å². The van der Waals surface area contributed by atoms with Crippen LogP contribution in [0.4, 0.5) is 0 Å². The number of aromatic nitrogens is 1. The first-order valence-corrected chi connectivity index (χ1v) is 3.19. The first-order chi connectivity index (χ1) is 3.39. The summed E-state index contributed by atoms with van der Waals surface area (Å²) in [6, 6.07) is 6.03. The van der Waals surface area contributed by atoms with Crippen molar-refractivity contribution in [3.05, 3.63) is 30.6 Å². The Balaban J connectivity index is 3.02. The fourth-order valence-electron chi connectivity index (χ4n) is 0.390. The number of hydrogen-bond acceptors (Lipinski definition) is 0. The van der Waals surface area contributed by atoms with Crippen molar-refractivity contribution in [1.82, 2.24) is 0 Å². The molecule has 0 fully saturated rings. The summed E-state index contributed by atoms with van der Waals surface area (Å²) in [5.74, 6) is 0. The van der Waals surface area contributed by atoms with Gasteiger partial charge in [-0.25, -0.2) is 0 Å². The topological polar surface area (TPSA) is 3.88 Å². The molecule has 0 unspecified atom stereocenters. The van der Waals surface area contributed by atoms with E-state index in [1.54, 1.807) is 22.6 Å². The van der Waals surface area contributed by atoms with Gasteiger partial charge in [0.05, 0.1) is 0 Å². The Bertz CT molecular complexity index is 138. The van der Waals surface area contributed by atoms with E-state index in [-0.39, 0.29) is 0 Å². The molecule has 1 heterocycles. The zero-order valence-electron chi connectivity index (χ0n) is 3.78. The third kappa shape index (κ3) is 1.46. The Morgan fingerprint density at radius 1 is 1.00 bits per heavy atom. The van der Waals surface area contributed by atoms with Crippen molar-refractivity contribution in [3.63, 3.8) is 0 Å². The molecule has 1 rings (SSSR count). The average Bonchev–Trinajstić information content (AvgIpc) is 1.69. The number of hydrogen-bond donors (Lipinski definition) is 0. The monoisotopic (exact) mass is 210 g/mol. The number of nitrogens with zero attached hydrogens (tertiary/aromatic N) is 1. The van der Waals surface area contributed by atoms with E-state index in [0.717, 1.165) is 0 Å². The second-order valence-corrected chi connectivity index (χ2v) is 2.57. The maximum absolute atomic E-state index is 2.05. The molecule has 0 saturated carbocycles. The van der Waals surface area contributed by atoms with Gasteiger partial charge in [0.25, 0.3) is 0 Å². The third-order valence-corrected chi connectivity index (χ3v) is 1.46. The molecule has 0 radical (unpaired) electrons. The van der Waals surface area contributed by atoms with E-state index in [2.05, 4.69) is 2.82 Å². The number of rotatable bonds is 0. The molecule has 0 spiro atoms. The van der Waals surface area contributed by atoms with Crippen LogP contribution < -0.4 is 2.82 Å².